The second kappa shape index (κ2) is 3.32. The van der Waals surface area contributed by atoms with Gasteiger partial charge in [0.2, 0.25) is 0 Å². The Hall–Kier alpha value is -0.870. The van der Waals surface area contributed by atoms with Gasteiger partial charge in [0.25, 0.3) is 0 Å². The van der Waals surface area contributed by atoms with Crippen LogP contribution in [0.2, 0.25) is 5.15 Å². The van der Waals surface area contributed by atoms with Crippen molar-refractivity contribution in [3.63, 3.8) is 0 Å². The van der Waals surface area contributed by atoms with Gasteiger partial charge in [-0.3, -0.25) is 0 Å². The number of halogens is 1. The Morgan fingerprint density at radius 3 is 2.53 bits per heavy atom. The maximum atomic E-state index is 9.67. The Balaban J connectivity index is 1.83. The van der Waals surface area contributed by atoms with Crippen LogP contribution in [0.25, 0.3) is 0 Å². The fraction of sp³-hybridized carbons (Fsp3) is 0.600. The third kappa shape index (κ3) is 1.40. The van der Waals surface area contributed by atoms with E-state index in [1.807, 2.05) is 0 Å². The summed E-state index contributed by atoms with van der Waals surface area (Å²) in [6, 6.07) is 0. The number of hydrogen-bond donors (Lipinski definition) is 1. The summed E-state index contributed by atoms with van der Waals surface area (Å²) < 4.78 is 0. The molecule has 0 unspecified atom stereocenters. The monoisotopic (exact) mass is 225 g/mol. The lowest BCUT2D eigenvalue weighted by molar-refractivity contribution is -0.0533. The summed E-state index contributed by atoms with van der Waals surface area (Å²) >= 11 is 5.98. The van der Waals surface area contributed by atoms with Gasteiger partial charge >= 0.3 is 0 Å². The van der Waals surface area contributed by atoms with Crippen LogP contribution >= 0.6 is 11.6 Å². The molecule has 0 amide bonds. The van der Waals surface area contributed by atoms with Crippen molar-refractivity contribution < 1.29 is 5.11 Å². The minimum absolute atomic E-state index is 0.114. The fourth-order valence-electron chi connectivity index (χ4n) is 2.56. The van der Waals surface area contributed by atoms with E-state index in [0.29, 0.717) is 17.0 Å². The van der Waals surface area contributed by atoms with Crippen molar-refractivity contribution in [3.05, 3.63) is 17.5 Å². The Kier molecular flexibility index (Phi) is 2.07. The number of fused-ring (bicyclic) bond motifs is 2. The highest BCUT2D eigenvalue weighted by Gasteiger charge is 2.46. The SMILES string of the molecule is OC1[C@H]2C[C@H]1CN(c1nccnc1Cl)C2. The smallest absolute Gasteiger partial charge is 0.171 e. The summed E-state index contributed by atoms with van der Waals surface area (Å²) in [5, 5.41) is 10.1. The molecule has 2 bridgehead atoms. The van der Waals surface area contributed by atoms with E-state index in [0.717, 1.165) is 25.3 Å². The predicted octanol–water partition coefficient (Wildman–Crippen LogP) is 0.947. The van der Waals surface area contributed by atoms with Gasteiger partial charge in [-0.05, 0) is 6.42 Å². The molecule has 1 aliphatic carbocycles. The molecular formula is C10H12ClN3O. The Bertz CT molecular complexity index is 375. The first-order valence-corrected chi connectivity index (χ1v) is 5.53. The van der Waals surface area contributed by atoms with Crippen LogP contribution in [-0.2, 0) is 0 Å². The molecule has 3 heterocycles. The molecule has 0 radical (unpaired) electrons. The van der Waals surface area contributed by atoms with Crippen molar-refractivity contribution in [2.75, 3.05) is 18.0 Å². The second-order valence-corrected chi connectivity index (χ2v) is 4.68. The number of nitrogens with zero attached hydrogens (tertiary/aromatic N) is 3. The van der Waals surface area contributed by atoms with E-state index < -0.39 is 0 Å². The Labute approximate surface area is 92.9 Å². The third-order valence-electron chi connectivity index (χ3n) is 3.42. The second-order valence-electron chi connectivity index (χ2n) is 4.32. The molecule has 5 heteroatoms. The van der Waals surface area contributed by atoms with Gasteiger partial charge in [0, 0.05) is 37.3 Å². The van der Waals surface area contributed by atoms with Crippen LogP contribution in [0.15, 0.2) is 12.4 Å². The lowest BCUT2D eigenvalue weighted by Crippen LogP contribution is -2.58. The van der Waals surface area contributed by atoms with Crippen molar-refractivity contribution in [2.24, 2.45) is 11.8 Å². The van der Waals surface area contributed by atoms with E-state index in [9.17, 15) is 5.11 Å². The molecule has 1 aromatic heterocycles. The summed E-state index contributed by atoms with van der Waals surface area (Å²) in [6.07, 6.45) is 4.26. The van der Waals surface area contributed by atoms with Gasteiger partial charge in [-0.1, -0.05) is 11.6 Å². The van der Waals surface area contributed by atoms with E-state index in [4.69, 9.17) is 11.6 Å². The summed E-state index contributed by atoms with van der Waals surface area (Å²) in [4.78, 5) is 10.4. The third-order valence-corrected chi connectivity index (χ3v) is 3.68. The molecule has 1 saturated carbocycles. The molecule has 2 saturated heterocycles. The molecule has 4 nitrogen and oxygen atoms in total. The zero-order valence-corrected chi connectivity index (χ0v) is 8.93. The van der Waals surface area contributed by atoms with Crippen LogP contribution in [0.1, 0.15) is 6.42 Å². The van der Waals surface area contributed by atoms with Gasteiger partial charge in [0.1, 0.15) is 0 Å². The highest BCUT2D eigenvalue weighted by atomic mass is 35.5. The number of hydrogen-bond acceptors (Lipinski definition) is 4. The standard InChI is InChI=1S/C10H12ClN3O/c11-9-10(13-2-1-12-9)14-4-6-3-7(5-14)8(6)15/h1-2,6-8,15H,3-5H2/t6-,7-/m0/s1. The molecule has 80 valence electrons. The number of aliphatic hydroxyl groups is 1. The van der Waals surface area contributed by atoms with Gasteiger partial charge in [-0.25, -0.2) is 9.97 Å². The molecule has 15 heavy (non-hydrogen) atoms. The van der Waals surface area contributed by atoms with Crippen LogP contribution in [0.3, 0.4) is 0 Å². The van der Waals surface area contributed by atoms with Crippen molar-refractivity contribution in [3.8, 4) is 0 Å². The van der Waals surface area contributed by atoms with Crippen LogP contribution in [0, 0.1) is 11.8 Å². The average molecular weight is 226 g/mol. The molecule has 1 aromatic rings. The zero-order valence-electron chi connectivity index (χ0n) is 8.17. The van der Waals surface area contributed by atoms with E-state index in [1.165, 1.54) is 0 Å². The minimum atomic E-state index is -0.114. The molecule has 1 N–H and O–H groups in total. The molecule has 4 rings (SSSR count). The number of rotatable bonds is 1. The number of aliphatic hydroxyl groups excluding tert-OH is 1. The lowest BCUT2D eigenvalue weighted by atomic mass is 9.68. The van der Waals surface area contributed by atoms with Crippen molar-refractivity contribution in [1.29, 1.82) is 0 Å². The minimum Gasteiger partial charge on any atom is -0.392 e. The summed E-state index contributed by atoms with van der Waals surface area (Å²) in [5.74, 6) is 1.53. The average Bonchev–Trinajstić information content (AvgIpc) is 2.29. The Morgan fingerprint density at radius 1 is 1.27 bits per heavy atom. The summed E-state index contributed by atoms with van der Waals surface area (Å²) in [7, 11) is 0. The lowest BCUT2D eigenvalue weighted by Gasteiger charge is -2.51. The van der Waals surface area contributed by atoms with E-state index in [-0.39, 0.29) is 6.10 Å². The summed E-state index contributed by atoms with van der Waals surface area (Å²) in [6.45, 7) is 1.69. The number of piperidine rings is 2. The van der Waals surface area contributed by atoms with Gasteiger partial charge in [0.15, 0.2) is 11.0 Å². The largest absolute Gasteiger partial charge is 0.392 e. The highest BCUT2D eigenvalue weighted by molar-refractivity contribution is 6.31. The van der Waals surface area contributed by atoms with Crippen molar-refractivity contribution >= 4 is 17.4 Å². The maximum Gasteiger partial charge on any atom is 0.171 e. The van der Waals surface area contributed by atoms with Crippen molar-refractivity contribution in [1.82, 2.24) is 9.97 Å². The summed E-state index contributed by atoms with van der Waals surface area (Å²) in [5.41, 5.74) is 0. The van der Waals surface area contributed by atoms with E-state index >= 15 is 0 Å². The van der Waals surface area contributed by atoms with Crippen LogP contribution in [0.5, 0.6) is 0 Å². The zero-order chi connectivity index (χ0) is 10.4. The predicted molar refractivity (Wildman–Crippen MR) is 56.9 cm³/mol. The molecule has 2 atom stereocenters. The molecule has 3 aliphatic rings. The van der Waals surface area contributed by atoms with Gasteiger partial charge in [0.05, 0.1) is 6.10 Å². The molecule has 0 spiro atoms. The quantitative estimate of drug-likeness (QED) is 0.773. The van der Waals surface area contributed by atoms with Gasteiger partial charge in [-0.15, -0.1) is 0 Å². The number of anilines is 1. The van der Waals surface area contributed by atoms with Crippen LogP contribution in [-0.4, -0.2) is 34.3 Å². The van der Waals surface area contributed by atoms with E-state index in [2.05, 4.69) is 14.9 Å². The molecular weight excluding hydrogens is 214 g/mol. The van der Waals surface area contributed by atoms with Crippen LogP contribution < -0.4 is 4.90 Å². The highest BCUT2D eigenvalue weighted by Crippen LogP contribution is 2.41. The maximum absolute atomic E-state index is 9.67. The Morgan fingerprint density at radius 2 is 1.93 bits per heavy atom. The normalized spacial score (nSPS) is 33.7. The van der Waals surface area contributed by atoms with Crippen molar-refractivity contribution in [2.45, 2.75) is 12.5 Å². The van der Waals surface area contributed by atoms with E-state index in [1.54, 1.807) is 12.4 Å². The fourth-order valence-corrected chi connectivity index (χ4v) is 2.79. The van der Waals surface area contributed by atoms with Crippen LogP contribution in [0.4, 0.5) is 5.82 Å². The van der Waals surface area contributed by atoms with Gasteiger partial charge in [-0.2, -0.15) is 0 Å². The first-order valence-electron chi connectivity index (χ1n) is 5.15. The van der Waals surface area contributed by atoms with Gasteiger partial charge < -0.3 is 10.0 Å². The number of aromatic nitrogens is 2. The molecule has 2 aliphatic heterocycles. The molecule has 3 fully saturated rings. The first-order chi connectivity index (χ1) is 7.25. The topological polar surface area (TPSA) is 49.2 Å². The first kappa shape index (κ1) is 9.36. The molecule has 0 aromatic carbocycles.